The van der Waals surface area contributed by atoms with Crippen LogP contribution in [0.25, 0.3) is 0 Å². The van der Waals surface area contributed by atoms with E-state index in [1.807, 2.05) is 36.1 Å². The van der Waals surface area contributed by atoms with Gasteiger partial charge in [0.25, 0.3) is 0 Å². The van der Waals surface area contributed by atoms with Crippen LogP contribution < -0.4 is 5.73 Å². The number of nitrogen functional groups attached to an aromatic ring is 1. The first-order valence-electron chi connectivity index (χ1n) is 6.39. The largest absolute Gasteiger partial charge is 0.480 e. The number of rotatable bonds is 7. The van der Waals surface area contributed by atoms with Gasteiger partial charge in [-0.1, -0.05) is 26.0 Å². The van der Waals surface area contributed by atoms with Crippen LogP contribution >= 0.6 is 0 Å². The van der Waals surface area contributed by atoms with Crippen molar-refractivity contribution in [2.45, 2.75) is 39.3 Å². The van der Waals surface area contributed by atoms with Crippen LogP contribution in [0, 0.1) is 0 Å². The van der Waals surface area contributed by atoms with Gasteiger partial charge in [-0.3, -0.25) is 9.69 Å². The Morgan fingerprint density at radius 2 is 2.17 bits per heavy atom. The summed E-state index contributed by atoms with van der Waals surface area (Å²) in [6.07, 6.45) is 1.55. The highest BCUT2D eigenvalue weighted by atomic mass is 16.4. The summed E-state index contributed by atoms with van der Waals surface area (Å²) in [5.74, 6) is -0.755. The maximum Gasteiger partial charge on any atom is 0.320 e. The molecular formula is C14H22N2O2. The molecule has 1 rings (SSSR count). The van der Waals surface area contributed by atoms with Crippen molar-refractivity contribution in [2.24, 2.45) is 0 Å². The molecule has 1 aromatic rings. The number of anilines is 1. The Labute approximate surface area is 108 Å². The number of carbonyl (C=O) groups is 1. The van der Waals surface area contributed by atoms with Gasteiger partial charge in [-0.2, -0.15) is 0 Å². The van der Waals surface area contributed by atoms with Crippen molar-refractivity contribution in [1.29, 1.82) is 0 Å². The molecule has 0 radical (unpaired) electrons. The summed E-state index contributed by atoms with van der Waals surface area (Å²) in [5, 5.41) is 9.24. The van der Waals surface area contributed by atoms with Gasteiger partial charge in [0.1, 0.15) is 6.04 Å². The normalized spacial score (nSPS) is 12.6. The summed E-state index contributed by atoms with van der Waals surface area (Å²) in [6.45, 7) is 5.37. The van der Waals surface area contributed by atoms with Crippen molar-refractivity contribution in [2.75, 3.05) is 12.3 Å². The smallest absolute Gasteiger partial charge is 0.320 e. The van der Waals surface area contributed by atoms with Gasteiger partial charge in [-0.15, -0.1) is 0 Å². The van der Waals surface area contributed by atoms with Crippen LogP contribution in [0.5, 0.6) is 0 Å². The Hall–Kier alpha value is -1.55. The molecule has 1 aromatic carbocycles. The predicted molar refractivity (Wildman–Crippen MR) is 73.3 cm³/mol. The van der Waals surface area contributed by atoms with E-state index >= 15 is 0 Å². The average Bonchev–Trinajstić information content (AvgIpc) is 2.29. The van der Waals surface area contributed by atoms with Gasteiger partial charge in [-0.25, -0.2) is 0 Å². The molecule has 3 N–H and O–H groups in total. The molecule has 0 fully saturated rings. The SMILES string of the molecule is CCCN(Cc1cccc(N)c1)C(CC)C(=O)O. The summed E-state index contributed by atoms with van der Waals surface area (Å²) in [4.78, 5) is 13.2. The second kappa shape index (κ2) is 7.01. The minimum Gasteiger partial charge on any atom is -0.480 e. The highest BCUT2D eigenvalue weighted by molar-refractivity contribution is 5.73. The summed E-state index contributed by atoms with van der Waals surface area (Å²) in [5.41, 5.74) is 7.52. The highest BCUT2D eigenvalue weighted by Gasteiger charge is 2.22. The second-order valence-corrected chi connectivity index (χ2v) is 4.48. The molecule has 4 heteroatoms. The van der Waals surface area contributed by atoms with E-state index in [9.17, 15) is 9.90 Å². The minimum absolute atomic E-state index is 0.425. The molecule has 0 bridgehead atoms. The first-order chi connectivity index (χ1) is 8.58. The van der Waals surface area contributed by atoms with E-state index in [1.165, 1.54) is 0 Å². The maximum absolute atomic E-state index is 11.2. The lowest BCUT2D eigenvalue weighted by Gasteiger charge is -2.27. The molecule has 0 amide bonds. The van der Waals surface area contributed by atoms with Crippen molar-refractivity contribution >= 4 is 11.7 Å². The van der Waals surface area contributed by atoms with Crippen LogP contribution in [-0.2, 0) is 11.3 Å². The topological polar surface area (TPSA) is 66.6 Å². The number of nitrogens with two attached hydrogens (primary N) is 1. The van der Waals surface area contributed by atoms with Gasteiger partial charge in [0.15, 0.2) is 0 Å². The van der Waals surface area contributed by atoms with Gasteiger partial charge >= 0.3 is 5.97 Å². The van der Waals surface area contributed by atoms with E-state index in [0.29, 0.717) is 18.7 Å². The van der Waals surface area contributed by atoms with Crippen LogP contribution in [0.15, 0.2) is 24.3 Å². The van der Waals surface area contributed by atoms with Crippen molar-refractivity contribution in [1.82, 2.24) is 4.90 Å². The zero-order chi connectivity index (χ0) is 13.5. The van der Waals surface area contributed by atoms with E-state index in [2.05, 4.69) is 6.92 Å². The molecule has 0 saturated heterocycles. The van der Waals surface area contributed by atoms with Crippen LogP contribution in [0.1, 0.15) is 32.3 Å². The molecule has 0 spiro atoms. The summed E-state index contributed by atoms with van der Waals surface area (Å²) < 4.78 is 0. The second-order valence-electron chi connectivity index (χ2n) is 4.48. The van der Waals surface area contributed by atoms with Crippen LogP contribution in [0.3, 0.4) is 0 Å². The lowest BCUT2D eigenvalue weighted by molar-refractivity contribution is -0.143. The molecule has 4 nitrogen and oxygen atoms in total. The molecule has 0 heterocycles. The molecule has 100 valence electrons. The summed E-state index contributed by atoms with van der Waals surface area (Å²) in [6, 6.07) is 7.19. The first-order valence-corrected chi connectivity index (χ1v) is 6.39. The van der Waals surface area contributed by atoms with E-state index < -0.39 is 12.0 Å². The zero-order valence-corrected chi connectivity index (χ0v) is 11.1. The molecule has 1 unspecified atom stereocenters. The lowest BCUT2D eigenvalue weighted by atomic mass is 10.1. The summed E-state index contributed by atoms with van der Waals surface area (Å²) >= 11 is 0. The van der Waals surface area contributed by atoms with Crippen LogP contribution in [0.2, 0.25) is 0 Å². The maximum atomic E-state index is 11.2. The average molecular weight is 250 g/mol. The van der Waals surface area contributed by atoms with Crippen LogP contribution in [0.4, 0.5) is 5.69 Å². The Morgan fingerprint density at radius 3 is 2.67 bits per heavy atom. The number of aliphatic carboxylic acids is 1. The van der Waals surface area contributed by atoms with E-state index in [0.717, 1.165) is 18.5 Å². The highest BCUT2D eigenvalue weighted by Crippen LogP contribution is 2.14. The fourth-order valence-corrected chi connectivity index (χ4v) is 2.15. The quantitative estimate of drug-likeness (QED) is 0.729. The molecule has 1 atom stereocenters. The van der Waals surface area contributed by atoms with Crippen molar-refractivity contribution < 1.29 is 9.90 Å². The monoisotopic (exact) mass is 250 g/mol. The Bertz CT molecular complexity index is 393. The standard InChI is InChI=1S/C14H22N2O2/c1-3-8-16(13(4-2)14(17)18)10-11-6-5-7-12(15)9-11/h5-7,9,13H,3-4,8,10,15H2,1-2H3,(H,17,18). The number of benzene rings is 1. The third kappa shape index (κ3) is 4.04. The fourth-order valence-electron chi connectivity index (χ4n) is 2.15. The molecule has 0 aromatic heterocycles. The van der Waals surface area contributed by atoms with Crippen molar-refractivity contribution in [3.63, 3.8) is 0 Å². The van der Waals surface area contributed by atoms with Gasteiger partial charge < -0.3 is 10.8 Å². The van der Waals surface area contributed by atoms with Crippen molar-refractivity contribution in [3.05, 3.63) is 29.8 Å². The third-order valence-electron chi connectivity index (χ3n) is 2.96. The number of hydrogen-bond donors (Lipinski definition) is 2. The first kappa shape index (κ1) is 14.5. The molecule has 0 aliphatic heterocycles. The Balaban J connectivity index is 2.82. The number of hydrogen-bond acceptors (Lipinski definition) is 3. The number of carboxylic acids is 1. The zero-order valence-electron chi connectivity index (χ0n) is 11.1. The minimum atomic E-state index is -0.755. The van der Waals surface area contributed by atoms with E-state index in [-0.39, 0.29) is 0 Å². The van der Waals surface area contributed by atoms with Gasteiger partial charge in [-0.05, 0) is 37.1 Å². The molecule has 0 aliphatic carbocycles. The van der Waals surface area contributed by atoms with E-state index in [1.54, 1.807) is 0 Å². The van der Waals surface area contributed by atoms with Crippen LogP contribution in [-0.4, -0.2) is 28.6 Å². The third-order valence-corrected chi connectivity index (χ3v) is 2.96. The molecule has 18 heavy (non-hydrogen) atoms. The Morgan fingerprint density at radius 1 is 1.44 bits per heavy atom. The summed E-state index contributed by atoms with van der Waals surface area (Å²) in [7, 11) is 0. The van der Waals surface area contributed by atoms with Crippen molar-refractivity contribution in [3.8, 4) is 0 Å². The Kier molecular flexibility index (Phi) is 5.65. The van der Waals surface area contributed by atoms with E-state index in [4.69, 9.17) is 5.73 Å². The molecule has 0 saturated carbocycles. The predicted octanol–water partition coefficient (Wildman–Crippen LogP) is 2.34. The number of nitrogens with zero attached hydrogens (tertiary/aromatic N) is 1. The van der Waals surface area contributed by atoms with Gasteiger partial charge in [0.2, 0.25) is 0 Å². The molecular weight excluding hydrogens is 228 g/mol. The fraction of sp³-hybridized carbons (Fsp3) is 0.500. The van der Waals surface area contributed by atoms with Gasteiger partial charge in [0, 0.05) is 12.2 Å². The van der Waals surface area contributed by atoms with Gasteiger partial charge in [0.05, 0.1) is 0 Å². The number of carboxylic acid groups (broad SMARTS) is 1. The lowest BCUT2D eigenvalue weighted by Crippen LogP contribution is -2.40. The molecule has 0 aliphatic rings.